The highest BCUT2D eigenvalue weighted by molar-refractivity contribution is 5.93. The van der Waals surface area contributed by atoms with Crippen molar-refractivity contribution in [2.75, 3.05) is 21.3 Å². The van der Waals surface area contributed by atoms with Crippen LogP contribution < -0.4 is 9.47 Å². The Kier molecular flexibility index (Phi) is 5.22. The topological polar surface area (TPSA) is 56.6 Å². The number of carbonyl (C=O) groups is 1. The van der Waals surface area contributed by atoms with Crippen molar-refractivity contribution in [2.45, 2.75) is 6.54 Å². The second kappa shape index (κ2) is 7.74. The van der Waals surface area contributed by atoms with Crippen LogP contribution in [0.25, 0.3) is 5.69 Å². The van der Waals surface area contributed by atoms with Gasteiger partial charge in [-0.15, -0.1) is 0 Å². The summed E-state index contributed by atoms with van der Waals surface area (Å²) in [7, 11) is 4.93. The van der Waals surface area contributed by atoms with Crippen molar-refractivity contribution < 1.29 is 14.3 Å². The van der Waals surface area contributed by atoms with Gasteiger partial charge in [0.15, 0.2) is 11.5 Å². The Hall–Kier alpha value is -3.28. The van der Waals surface area contributed by atoms with Crippen molar-refractivity contribution in [3.8, 4) is 17.2 Å². The monoisotopic (exact) mass is 351 g/mol. The molecule has 2 aromatic carbocycles. The molecule has 0 aliphatic heterocycles. The summed E-state index contributed by atoms with van der Waals surface area (Å²) in [6, 6.07) is 15.3. The molecule has 0 spiro atoms. The molecular formula is C20H21N3O3. The Bertz CT molecular complexity index is 890. The summed E-state index contributed by atoms with van der Waals surface area (Å²) in [5.41, 5.74) is 2.31. The number of nitrogens with zero attached hydrogens (tertiary/aromatic N) is 3. The highest BCUT2D eigenvalue weighted by atomic mass is 16.5. The fourth-order valence-electron chi connectivity index (χ4n) is 2.78. The van der Waals surface area contributed by atoms with Crippen molar-refractivity contribution in [3.05, 3.63) is 72.1 Å². The summed E-state index contributed by atoms with van der Waals surface area (Å²) < 4.78 is 12.4. The predicted octanol–water partition coefficient (Wildman–Crippen LogP) is 3.16. The van der Waals surface area contributed by atoms with Crippen LogP contribution in [-0.2, 0) is 6.54 Å². The van der Waals surface area contributed by atoms with Gasteiger partial charge in [0.1, 0.15) is 0 Å². The van der Waals surface area contributed by atoms with E-state index in [4.69, 9.17) is 9.47 Å². The van der Waals surface area contributed by atoms with Crippen LogP contribution in [0, 0.1) is 0 Å². The van der Waals surface area contributed by atoms with Crippen LogP contribution in [0.2, 0.25) is 0 Å². The lowest BCUT2D eigenvalue weighted by Gasteiger charge is -2.19. The summed E-state index contributed by atoms with van der Waals surface area (Å²) in [5, 5.41) is 4.28. The molecule has 0 N–H and O–H groups in total. The number of aromatic nitrogens is 2. The first-order valence-corrected chi connectivity index (χ1v) is 8.19. The van der Waals surface area contributed by atoms with Gasteiger partial charge in [-0.25, -0.2) is 4.68 Å². The first-order valence-electron chi connectivity index (χ1n) is 8.19. The van der Waals surface area contributed by atoms with Gasteiger partial charge < -0.3 is 14.4 Å². The second-order valence-electron chi connectivity index (χ2n) is 5.82. The minimum absolute atomic E-state index is 0.114. The van der Waals surface area contributed by atoms with Crippen molar-refractivity contribution in [2.24, 2.45) is 0 Å². The van der Waals surface area contributed by atoms with Crippen LogP contribution in [0.3, 0.4) is 0 Å². The van der Waals surface area contributed by atoms with Crippen LogP contribution in [0.4, 0.5) is 0 Å². The first-order chi connectivity index (χ1) is 12.6. The Morgan fingerprint density at radius 3 is 2.54 bits per heavy atom. The molecule has 6 nitrogen and oxygen atoms in total. The summed E-state index contributed by atoms with van der Waals surface area (Å²) in [6.07, 6.45) is 3.31. The molecule has 1 aromatic heterocycles. The molecule has 0 atom stereocenters. The SMILES string of the molecule is COc1cccc(CN(C)C(=O)c2cnn(-c3ccccc3)c2)c1OC. The van der Waals surface area contributed by atoms with Gasteiger partial charge in [-0.1, -0.05) is 30.3 Å². The molecule has 0 radical (unpaired) electrons. The molecule has 0 fully saturated rings. The molecule has 0 unspecified atom stereocenters. The van der Waals surface area contributed by atoms with Crippen molar-refractivity contribution >= 4 is 5.91 Å². The van der Waals surface area contributed by atoms with Crippen LogP contribution >= 0.6 is 0 Å². The standard InChI is InChI=1S/C20H21N3O3/c1-22(13-15-8-7-11-18(25-2)19(15)26-3)20(24)16-12-21-23(14-16)17-9-5-4-6-10-17/h4-12,14H,13H2,1-3H3. The van der Waals surface area contributed by atoms with Gasteiger partial charge in [0.25, 0.3) is 5.91 Å². The maximum Gasteiger partial charge on any atom is 0.257 e. The molecule has 0 aliphatic carbocycles. The average Bonchev–Trinajstić information content (AvgIpc) is 3.18. The summed E-state index contributed by atoms with van der Waals surface area (Å²) in [6.45, 7) is 0.399. The lowest BCUT2D eigenvalue weighted by atomic mass is 10.1. The summed E-state index contributed by atoms with van der Waals surface area (Å²) in [4.78, 5) is 14.4. The van der Waals surface area contributed by atoms with E-state index in [1.807, 2.05) is 48.5 Å². The summed E-state index contributed by atoms with van der Waals surface area (Å²) >= 11 is 0. The number of amides is 1. The molecule has 1 heterocycles. The van der Waals surface area contributed by atoms with Crippen molar-refractivity contribution in [1.82, 2.24) is 14.7 Å². The normalized spacial score (nSPS) is 10.4. The van der Waals surface area contributed by atoms with Crippen molar-refractivity contribution in [3.63, 3.8) is 0 Å². The zero-order valence-electron chi connectivity index (χ0n) is 15.0. The van der Waals surface area contributed by atoms with E-state index in [9.17, 15) is 4.79 Å². The molecule has 1 amide bonds. The molecule has 0 saturated heterocycles. The third-order valence-corrected chi connectivity index (χ3v) is 4.09. The van der Waals surface area contributed by atoms with E-state index in [0.717, 1.165) is 11.3 Å². The number of carbonyl (C=O) groups excluding carboxylic acids is 1. The van der Waals surface area contributed by atoms with E-state index >= 15 is 0 Å². The van der Waals surface area contributed by atoms with Gasteiger partial charge in [-0.3, -0.25) is 4.79 Å². The van der Waals surface area contributed by atoms with Gasteiger partial charge in [-0.2, -0.15) is 5.10 Å². The van der Waals surface area contributed by atoms with Gasteiger partial charge in [0.05, 0.1) is 31.7 Å². The minimum atomic E-state index is -0.114. The van der Waals surface area contributed by atoms with Crippen LogP contribution in [0.15, 0.2) is 60.9 Å². The quantitative estimate of drug-likeness (QED) is 0.684. The molecule has 6 heteroatoms. The number of rotatable bonds is 6. The zero-order valence-corrected chi connectivity index (χ0v) is 15.0. The molecule has 0 aliphatic rings. The van der Waals surface area contributed by atoms with Crippen LogP contribution in [-0.4, -0.2) is 41.9 Å². The van der Waals surface area contributed by atoms with Gasteiger partial charge in [0, 0.05) is 25.4 Å². The third kappa shape index (κ3) is 3.54. The second-order valence-corrected chi connectivity index (χ2v) is 5.82. The largest absolute Gasteiger partial charge is 0.493 e. The molecule has 0 bridgehead atoms. The number of para-hydroxylation sites is 2. The fraction of sp³-hybridized carbons (Fsp3) is 0.200. The molecule has 26 heavy (non-hydrogen) atoms. The minimum Gasteiger partial charge on any atom is -0.493 e. The fourth-order valence-corrected chi connectivity index (χ4v) is 2.78. The van der Waals surface area contributed by atoms with E-state index in [1.165, 1.54) is 0 Å². The van der Waals surface area contributed by atoms with Gasteiger partial charge >= 0.3 is 0 Å². The Balaban J connectivity index is 1.78. The first kappa shape index (κ1) is 17.5. The van der Waals surface area contributed by atoms with Crippen LogP contribution in [0.5, 0.6) is 11.5 Å². The molecule has 0 saturated carbocycles. The maximum absolute atomic E-state index is 12.7. The molecule has 3 aromatic rings. The predicted molar refractivity (Wildman–Crippen MR) is 98.9 cm³/mol. The maximum atomic E-state index is 12.7. The lowest BCUT2D eigenvalue weighted by molar-refractivity contribution is 0.0784. The number of methoxy groups -OCH3 is 2. The van der Waals surface area contributed by atoms with E-state index in [1.54, 1.807) is 43.2 Å². The molecular weight excluding hydrogens is 330 g/mol. The summed E-state index contributed by atoms with van der Waals surface area (Å²) in [5.74, 6) is 1.16. The van der Waals surface area contributed by atoms with E-state index in [0.29, 0.717) is 23.6 Å². The Morgan fingerprint density at radius 2 is 1.85 bits per heavy atom. The molecule has 134 valence electrons. The average molecular weight is 351 g/mol. The Labute approximate surface area is 152 Å². The Morgan fingerprint density at radius 1 is 1.08 bits per heavy atom. The van der Waals surface area contributed by atoms with Crippen LogP contribution in [0.1, 0.15) is 15.9 Å². The number of ether oxygens (including phenoxy) is 2. The highest BCUT2D eigenvalue weighted by Gasteiger charge is 2.17. The van der Waals surface area contributed by atoms with E-state index in [-0.39, 0.29) is 5.91 Å². The molecule has 3 rings (SSSR count). The third-order valence-electron chi connectivity index (χ3n) is 4.09. The highest BCUT2D eigenvalue weighted by Crippen LogP contribution is 2.31. The van der Waals surface area contributed by atoms with Crippen molar-refractivity contribution in [1.29, 1.82) is 0 Å². The lowest BCUT2D eigenvalue weighted by Crippen LogP contribution is -2.26. The van der Waals surface area contributed by atoms with E-state index in [2.05, 4.69) is 5.10 Å². The number of benzene rings is 2. The zero-order chi connectivity index (χ0) is 18.5. The number of hydrogen-bond donors (Lipinski definition) is 0. The van der Waals surface area contributed by atoms with Gasteiger partial charge in [-0.05, 0) is 18.2 Å². The number of hydrogen-bond acceptors (Lipinski definition) is 4. The smallest absolute Gasteiger partial charge is 0.257 e. The van der Waals surface area contributed by atoms with E-state index < -0.39 is 0 Å². The van der Waals surface area contributed by atoms with Gasteiger partial charge in [0.2, 0.25) is 0 Å².